The van der Waals surface area contributed by atoms with E-state index in [4.69, 9.17) is 11.6 Å². The molecule has 0 saturated carbocycles. The first-order valence-corrected chi connectivity index (χ1v) is 9.55. The Hall–Kier alpha value is -1.30. The Morgan fingerprint density at radius 3 is 2.65 bits per heavy atom. The third kappa shape index (κ3) is 5.12. The lowest BCUT2D eigenvalue weighted by Gasteiger charge is -2.29. The Kier molecular flexibility index (Phi) is 7.74. The average Bonchev–Trinajstić information content (AvgIpc) is 2.62. The molecule has 0 spiro atoms. The molecule has 2 heterocycles. The summed E-state index contributed by atoms with van der Waals surface area (Å²) in [6.45, 7) is 4.49. The smallest absolute Gasteiger partial charge is 0.255 e. The van der Waals surface area contributed by atoms with Crippen LogP contribution in [0.2, 0.25) is 5.02 Å². The first-order valence-electron chi connectivity index (χ1n) is 9.17. The lowest BCUT2D eigenvalue weighted by molar-refractivity contribution is -0.120. The molecule has 26 heavy (non-hydrogen) atoms. The van der Waals surface area contributed by atoms with Crippen LogP contribution in [0.3, 0.4) is 0 Å². The molecule has 2 aliphatic rings. The van der Waals surface area contributed by atoms with E-state index in [1.165, 1.54) is 6.42 Å². The van der Waals surface area contributed by atoms with Gasteiger partial charge in [0.15, 0.2) is 0 Å². The highest BCUT2D eigenvalue weighted by atomic mass is 35.5. The van der Waals surface area contributed by atoms with Crippen LogP contribution in [0.1, 0.15) is 49.4 Å². The average molecular weight is 400 g/mol. The van der Waals surface area contributed by atoms with Crippen LogP contribution >= 0.6 is 24.0 Å². The summed E-state index contributed by atoms with van der Waals surface area (Å²) in [7, 11) is 0. The van der Waals surface area contributed by atoms with E-state index >= 15 is 0 Å². The quantitative estimate of drug-likeness (QED) is 0.813. The number of carbonyl (C=O) groups excluding carboxylic acids is 2. The third-order valence-corrected chi connectivity index (χ3v) is 5.34. The van der Waals surface area contributed by atoms with E-state index in [0.717, 1.165) is 45.3 Å². The van der Waals surface area contributed by atoms with Crippen LogP contribution in [0, 0.1) is 5.92 Å². The monoisotopic (exact) mass is 399 g/mol. The number of hydrogen-bond acceptors (Lipinski definition) is 3. The van der Waals surface area contributed by atoms with Crippen LogP contribution in [-0.4, -0.2) is 42.4 Å². The van der Waals surface area contributed by atoms with Crippen molar-refractivity contribution in [1.29, 1.82) is 0 Å². The van der Waals surface area contributed by atoms with Crippen LogP contribution in [0.4, 0.5) is 5.69 Å². The number of amides is 2. The topological polar surface area (TPSA) is 61.4 Å². The molecule has 2 N–H and O–H groups in total. The Morgan fingerprint density at radius 1 is 1.23 bits per heavy atom. The minimum Gasteiger partial charge on any atom is -0.339 e. The standard InChI is InChI=1S/C19H26ClN3O2.ClH/c1-13-11-14(7-8-21-13)18(24)22-17-12-15(20)5-6-16(17)19(25)23-9-3-2-4-10-23;/h5-6,12-14,21H,2-4,7-11H2,1H3,(H,22,24);1H/t13-,14-;/m0./s1. The van der Waals surface area contributed by atoms with Gasteiger partial charge in [-0.1, -0.05) is 11.6 Å². The molecule has 0 bridgehead atoms. The highest BCUT2D eigenvalue weighted by Crippen LogP contribution is 2.26. The molecule has 5 nitrogen and oxygen atoms in total. The number of anilines is 1. The second-order valence-corrected chi connectivity index (χ2v) is 7.54. The maximum absolute atomic E-state index is 12.9. The summed E-state index contributed by atoms with van der Waals surface area (Å²) >= 11 is 6.11. The Labute approximate surface area is 166 Å². The molecular weight excluding hydrogens is 373 g/mol. The number of rotatable bonds is 3. The summed E-state index contributed by atoms with van der Waals surface area (Å²) in [6, 6.07) is 5.44. The Balaban J connectivity index is 0.00000243. The van der Waals surface area contributed by atoms with Crippen molar-refractivity contribution in [2.75, 3.05) is 25.0 Å². The molecule has 1 aromatic carbocycles. The van der Waals surface area contributed by atoms with E-state index in [2.05, 4.69) is 17.6 Å². The van der Waals surface area contributed by atoms with Gasteiger partial charge in [0.1, 0.15) is 0 Å². The van der Waals surface area contributed by atoms with Gasteiger partial charge < -0.3 is 15.5 Å². The van der Waals surface area contributed by atoms with E-state index < -0.39 is 0 Å². The van der Waals surface area contributed by atoms with Crippen molar-refractivity contribution in [3.8, 4) is 0 Å². The molecule has 0 unspecified atom stereocenters. The van der Waals surface area contributed by atoms with Crippen LogP contribution in [0.5, 0.6) is 0 Å². The van der Waals surface area contributed by atoms with Crippen molar-refractivity contribution >= 4 is 41.5 Å². The molecule has 2 aliphatic heterocycles. The van der Waals surface area contributed by atoms with Gasteiger partial charge in [-0.3, -0.25) is 9.59 Å². The van der Waals surface area contributed by atoms with Gasteiger partial charge in [-0.15, -0.1) is 12.4 Å². The molecule has 1 aromatic rings. The van der Waals surface area contributed by atoms with Gasteiger partial charge in [-0.2, -0.15) is 0 Å². The predicted molar refractivity (Wildman–Crippen MR) is 107 cm³/mol. The Morgan fingerprint density at radius 2 is 1.96 bits per heavy atom. The van der Waals surface area contributed by atoms with Crippen LogP contribution in [0.25, 0.3) is 0 Å². The summed E-state index contributed by atoms with van der Waals surface area (Å²) in [4.78, 5) is 27.4. The first kappa shape index (κ1) is 21.0. The molecule has 144 valence electrons. The number of nitrogens with one attached hydrogen (secondary N) is 2. The van der Waals surface area contributed by atoms with Crippen molar-refractivity contribution in [1.82, 2.24) is 10.2 Å². The molecule has 0 radical (unpaired) electrons. The number of carbonyl (C=O) groups is 2. The number of nitrogens with zero attached hydrogens (tertiary/aromatic N) is 1. The SMILES string of the molecule is C[C@H]1C[C@@H](C(=O)Nc2cc(Cl)ccc2C(=O)N2CCCCC2)CCN1.Cl. The molecule has 2 saturated heterocycles. The second kappa shape index (κ2) is 9.58. The molecular formula is C19H27Cl2N3O2. The molecule has 2 fully saturated rings. The van der Waals surface area contributed by atoms with Crippen molar-refractivity contribution in [2.24, 2.45) is 5.92 Å². The van der Waals surface area contributed by atoms with Crippen LogP contribution in [-0.2, 0) is 4.79 Å². The minimum atomic E-state index is -0.0341. The first-order chi connectivity index (χ1) is 12.0. The zero-order valence-electron chi connectivity index (χ0n) is 15.1. The van der Waals surface area contributed by atoms with E-state index in [-0.39, 0.29) is 30.1 Å². The predicted octanol–water partition coefficient (Wildman–Crippen LogP) is 3.71. The summed E-state index contributed by atoms with van der Waals surface area (Å²) in [5, 5.41) is 6.83. The van der Waals surface area contributed by atoms with E-state index in [1.54, 1.807) is 18.2 Å². The van der Waals surface area contributed by atoms with Crippen molar-refractivity contribution < 1.29 is 9.59 Å². The molecule has 2 amide bonds. The zero-order chi connectivity index (χ0) is 17.8. The summed E-state index contributed by atoms with van der Waals surface area (Å²) in [5.41, 5.74) is 1.06. The summed E-state index contributed by atoms with van der Waals surface area (Å²) in [5.74, 6) is -0.0816. The second-order valence-electron chi connectivity index (χ2n) is 7.11. The number of halogens is 2. The third-order valence-electron chi connectivity index (χ3n) is 5.11. The van der Waals surface area contributed by atoms with Gasteiger partial charge >= 0.3 is 0 Å². The Bertz CT molecular complexity index is 648. The van der Waals surface area contributed by atoms with Crippen molar-refractivity contribution in [3.05, 3.63) is 28.8 Å². The lowest BCUT2D eigenvalue weighted by Crippen LogP contribution is -2.40. The number of piperidine rings is 2. The highest BCUT2D eigenvalue weighted by Gasteiger charge is 2.27. The van der Waals surface area contributed by atoms with Gasteiger partial charge in [-0.25, -0.2) is 0 Å². The maximum Gasteiger partial charge on any atom is 0.255 e. The summed E-state index contributed by atoms with van der Waals surface area (Å²) < 4.78 is 0. The van der Waals surface area contributed by atoms with Gasteiger partial charge in [0.05, 0.1) is 11.3 Å². The minimum absolute atomic E-state index is 0. The zero-order valence-corrected chi connectivity index (χ0v) is 16.7. The fourth-order valence-corrected chi connectivity index (χ4v) is 3.85. The van der Waals surface area contributed by atoms with Crippen molar-refractivity contribution in [2.45, 2.75) is 45.1 Å². The fraction of sp³-hybridized carbons (Fsp3) is 0.579. The van der Waals surface area contributed by atoms with Gasteiger partial charge in [0, 0.05) is 30.1 Å². The van der Waals surface area contributed by atoms with Gasteiger partial charge in [0.25, 0.3) is 5.91 Å². The van der Waals surface area contributed by atoms with Crippen molar-refractivity contribution in [3.63, 3.8) is 0 Å². The maximum atomic E-state index is 12.9. The van der Waals surface area contributed by atoms with Gasteiger partial charge in [-0.05, 0) is 63.8 Å². The van der Waals surface area contributed by atoms with Crippen LogP contribution < -0.4 is 10.6 Å². The normalized spacial score (nSPS) is 23.1. The lowest BCUT2D eigenvalue weighted by atomic mass is 9.92. The molecule has 0 aromatic heterocycles. The number of hydrogen-bond donors (Lipinski definition) is 2. The van der Waals surface area contributed by atoms with E-state index in [9.17, 15) is 9.59 Å². The number of benzene rings is 1. The van der Waals surface area contributed by atoms with E-state index in [1.807, 2.05) is 4.90 Å². The summed E-state index contributed by atoms with van der Waals surface area (Å²) in [6.07, 6.45) is 4.86. The highest BCUT2D eigenvalue weighted by molar-refractivity contribution is 6.31. The van der Waals surface area contributed by atoms with E-state index in [0.29, 0.717) is 22.3 Å². The molecule has 3 rings (SSSR count). The van der Waals surface area contributed by atoms with Crippen LogP contribution in [0.15, 0.2) is 18.2 Å². The largest absolute Gasteiger partial charge is 0.339 e. The molecule has 2 atom stereocenters. The number of likely N-dealkylation sites (tertiary alicyclic amines) is 1. The molecule has 7 heteroatoms. The fourth-order valence-electron chi connectivity index (χ4n) is 3.68. The molecule has 0 aliphatic carbocycles. The van der Waals surface area contributed by atoms with Gasteiger partial charge in [0.2, 0.25) is 5.91 Å².